The molecule has 13 heavy (non-hydrogen) atoms. The van der Waals surface area contributed by atoms with Crippen molar-refractivity contribution in [3.63, 3.8) is 0 Å². The van der Waals surface area contributed by atoms with E-state index in [-0.39, 0.29) is 11.5 Å². The van der Waals surface area contributed by atoms with Gasteiger partial charge in [-0.25, -0.2) is 0 Å². The lowest BCUT2D eigenvalue weighted by atomic mass is 10.1. The largest absolute Gasteiger partial charge is 0.507 e. The molecule has 64 valence electrons. The number of aromatic hydroxyl groups is 1. The number of aryl methyl sites for hydroxylation is 1. The number of rotatable bonds is 0. The smallest absolute Gasteiger partial charge is 0.207 e. The molecule has 0 aliphatic heterocycles. The van der Waals surface area contributed by atoms with Gasteiger partial charge in [-0.05, 0) is 19.1 Å². The lowest BCUT2D eigenvalue weighted by Gasteiger charge is -1.92. The van der Waals surface area contributed by atoms with E-state index in [0.717, 1.165) is 0 Å². The van der Waals surface area contributed by atoms with Crippen molar-refractivity contribution in [2.75, 3.05) is 0 Å². The second-order valence-electron chi connectivity index (χ2n) is 2.82. The van der Waals surface area contributed by atoms with Crippen LogP contribution in [0.15, 0.2) is 22.6 Å². The normalized spacial score (nSPS) is 10.2. The van der Waals surface area contributed by atoms with Crippen LogP contribution in [0.5, 0.6) is 5.75 Å². The number of benzene rings is 1. The van der Waals surface area contributed by atoms with Crippen LogP contribution < -0.4 is 0 Å². The molecule has 1 N–H and O–H groups in total. The van der Waals surface area contributed by atoms with Gasteiger partial charge in [0, 0.05) is 5.56 Å². The van der Waals surface area contributed by atoms with Crippen LogP contribution in [-0.4, -0.2) is 5.11 Å². The summed E-state index contributed by atoms with van der Waals surface area (Å²) in [7, 11) is 0. The summed E-state index contributed by atoms with van der Waals surface area (Å²) in [5.41, 5.74) is 1.24. The quantitative estimate of drug-likeness (QED) is 0.665. The minimum atomic E-state index is 0.153. The van der Waals surface area contributed by atoms with Gasteiger partial charge >= 0.3 is 0 Å². The Kier molecular flexibility index (Phi) is 1.49. The number of fused-ring (bicyclic) bond motifs is 1. The van der Waals surface area contributed by atoms with Gasteiger partial charge in [0.1, 0.15) is 17.4 Å². The van der Waals surface area contributed by atoms with Crippen LogP contribution in [-0.2, 0) is 0 Å². The molecule has 0 radical (unpaired) electrons. The van der Waals surface area contributed by atoms with Crippen molar-refractivity contribution >= 4 is 11.0 Å². The third-order valence-electron chi connectivity index (χ3n) is 2.03. The first-order valence-electron chi connectivity index (χ1n) is 3.85. The highest BCUT2D eigenvalue weighted by Gasteiger charge is 2.12. The highest BCUT2D eigenvalue weighted by Crippen LogP contribution is 2.31. The summed E-state index contributed by atoms with van der Waals surface area (Å²) in [5.74, 6) is 0.414. The van der Waals surface area contributed by atoms with Gasteiger partial charge in [-0.15, -0.1) is 0 Å². The summed E-state index contributed by atoms with van der Waals surface area (Å²) < 4.78 is 5.21. The molecule has 0 bridgehead atoms. The van der Waals surface area contributed by atoms with Gasteiger partial charge in [-0.2, -0.15) is 5.26 Å². The summed E-state index contributed by atoms with van der Waals surface area (Å²) >= 11 is 0. The molecule has 2 aromatic rings. The minimum Gasteiger partial charge on any atom is -0.507 e. The molecule has 0 amide bonds. The molecule has 0 aliphatic rings. The average Bonchev–Trinajstić information content (AvgIpc) is 2.44. The summed E-state index contributed by atoms with van der Waals surface area (Å²) in [4.78, 5) is 0. The predicted molar refractivity (Wildman–Crippen MR) is 47.3 cm³/mol. The highest BCUT2D eigenvalue weighted by molar-refractivity contribution is 5.88. The highest BCUT2D eigenvalue weighted by atomic mass is 16.3. The summed E-state index contributed by atoms with van der Waals surface area (Å²) in [6, 6.07) is 6.92. The fourth-order valence-electron chi connectivity index (χ4n) is 1.39. The van der Waals surface area contributed by atoms with Gasteiger partial charge in [0.15, 0.2) is 0 Å². The van der Waals surface area contributed by atoms with Crippen LogP contribution in [0.4, 0.5) is 0 Å². The molecule has 1 aromatic carbocycles. The number of phenolic OH excluding ortho intramolecular Hbond substituents is 1. The Morgan fingerprint density at radius 2 is 2.23 bits per heavy atom. The third-order valence-corrected chi connectivity index (χ3v) is 2.03. The van der Waals surface area contributed by atoms with Crippen molar-refractivity contribution < 1.29 is 9.52 Å². The Labute approximate surface area is 74.8 Å². The van der Waals surface area contributed by atoms with Crippen molar-refractivity contribution in [3.8, 4) is 11.8 Å². The second-order valence-corrected chi connectivity index (χ2v) is 2.82. The molecular weight excluding hydrogens is 166 g/mol. The number of nitriles is 1. The van der Waals surface area contributed by atoms with Crippen molar-refractivity contribution in [2.45, 2.75) is 6.92 Å². The topological polar surface area (TPSA) is 57.2 Å². The number of phenols is 1. The van der Waals surface area contributed by atoms with E-state index in [2.05, 4.69) is 0 Å². The fraction of sp³-hybridized carbons (Fsp3) is 0.100. The van der Waals surface area contributed by atoms with Crippen LogP contribution in [0, 0.1) is 18.3 Å². The third kappa shape index (κ3) is 0.960. The zero-order chi connectivity index (χ0) is 9.42. The van der Waals surface area contributed by atoms with Crippen LogP contribution in [0.3, 0.4) is 0 Å². The van der Waals surface area contributed by atoms with Crippen molar-refractivity contribution in [1.82, 2.24) is 0 Å². The summed E-state index contributed by atoms with van der Waals surface area (Å²) in [5, 5.41) is 18.8. The predicted octanol–water partition coefficient (Wildman–Crippen LogP) is 2.32. The van der Waals surface area contributed by atoms with Crippen LogP contribution >= 0.6 is 0 Å². The molecule has 0 fully saturated rings. The van der Waals surface area contributed by atoms with E-state index in [1.54, 1.807) is 25.1 Å². The van der Waals surface area contributed by atoms with Gasteiger partial charge in [0.05, 0.1) is 5.39 Å². The first-order chi connectivity index (χ1) is 6.24. The molecule has 1 heterocycles. The molecule has 0 unspecified atom stereocenters. The average molecular weight is 173 g/mol. The molecular formula is C10H7NO2. The molecule has 2 rings (SSSR count). The maximum atomic E-state index is 9.49. The van der Waals surface area contributed by atoms with Crippen molar-refractivity contribution in [1.29, 1.82) is 5.26 Å². The summed E-state index contributed by atoms with van der Waals surface area (Å²) in [6.07, 6.45) is 0. The molecule has 3 nitrogen and oxygen atoms in total. The van der Waals surface area contributed by atoms with Gasteiger partial charge < -0.3 is 9.52 Å². The zero-order valence-electron chi connectivity index (χ0n) is 7.03. The molecule has 0 saturated heterocycles. The molecule has 0 atom stereocenters. The SMILES string of the molecule is Cc1c(C#N)oc2cccc(O)c12. The van der Waals surface area contributed by atoms with Crippen LogP contribution in [0.2, 0.25) is 0 Å². The van der Waals surface area contributed by atoms with Crippen LogP contribution in [0.25, 0.3) is 11.0 Å². The van der Waals surface area contributed by atoms with Crippen LogP contribution in [0.1, 0.15) is 11.3 Å². The first-order valence-corrected chi connectivity index (χ1v) is 3.85. The first kappa shape index (κ1) is 7.69. The van der Waals surface area contributed by atoms with Gasteiger partial charge in [-0.3, -0.25) is 0 Å². The van der Waals surface area contributed by atoms with E-state index in [1.807, 2.05) is 6.07 Å². The van der Waals surface area contributed by atoms with Gasteiger partial charge in [0.25, 0.3) is 0 Å². The minimum absolute atomic E-state index is 0.153. The monoisotopic (exact) mass is 173 g/mol. The van der Waals surface area contributed by atoms with Gasteiger partial charge in [0.2, 0.25) is 5.76 Å². The number of hydrogen-bond donors (Lipinski definition) is 1. The van der Waals surface area contributed by atoms with E-state index in [1.165, 1.54) is 0 Å². The maximum Gasteiger partial charge on any atom is 0.207 e. The van der Waals surface area contributed by atoms with E-state index in [4.69, 9.17) is 9.68 Å². The van der Waals surface area contributed by atoms with E-state index in [9.17, 15) is 5.11 Å². The molecule has 0 saturated carbocycles. The van der Waals surface area contributed by atoms with Gasteiger partial charge in [-0.1, -0.05) is 6.07 Å². The van der Waals surface area contributed by atoms with E-state index >= 15 is 0 Å². The zero-order valence-corrected chi connectivity index (χ0v) is 7.03. The Balaban J connectivity index is 2.95. The second kappa shape index (κ2) is 2.53. The summed E-state index contributed by atoms with van der Waals surface area (Å²) in [6.45, 7) is 1.75. The Morgan fingerprint density at radius 3 is 2.85 bits per heavy atom. The maximum absolute atomic E-state index is 9.49. The Morgan fingerprint density at radius 1 is 1.46 bits per heavy atom. The Bertz CT molecular complexity index is 505. The molecule has 0 aliphatic carbocycles. The lowest BCUT2D eigenvalue weighted by Crippen LogP contribution is -1.72. The molecule has 1 aromatic heterocycles. The Hall–Kier alpha value is -1.95. The van der Waals surface area contributed by atoms with E-state index < -0.39 is 0 Å². The fourth-order valence-corrected chi connectivity index (χ4v) is 1.39. The number of nitrogens with zero attached hydrogens (tertiary/aromatic N) is 1. The number of hydrogen-bond acceptors (Lipinski definition) is 3. The lowest BCUT2D eigenvalue weighted by molar-refractivity contribution is 0.481. The van der Waals surface area contributed by atoms with Crippen molar-refractivity contribution in [2.24, 2.45) is 0 Å². The van der Waals surface area contributed by atoms with Crippen molar-refractivity contribution in [3.05, 3.63) is 29.5 Å². The standard InChI is InChI=1S/C10H7NO2/c1-6-9(5-11)13-8-4-2-3-7(12)10(6)8/h2-4,12H,1H3. The molecule has 3 heteroatoms. The van der Waals surface area contributed by atoms with E-state index in [0.29, 0.717) is 16.5 Å². The molecule has 0 spiro atoms. The number of furan rings is 1.